The van der Waals surface area contributed by atoms with Gasteiger partial charge in [0.25, 0.3) is 5.82 Å². The molecule has 1 rings (SSSR count). The lowest BCUT2D eigenvalue weighted by molar-refractivity contribution is 1.21. The van der Waals surface area contributed by atoms with Crippen molar-refractivity contribution in [3.8, 4) is 0 Å². The second-order valence-corrected chi connectivity index (χ2v) is 3.31. The molecular weight excluding hydrogens is 284 g/mol. The number of rotatable bonds is 2. The number of hydrogen-bond donors (Lipinski definition) is 0. The highest BCUT2D eigenvalue weighted by Gasteiger charge is 2.03. The van der Waals surface area contributed by atoms with E-state index in [1.165, 1.54) is 0 Å². The molecule has 0 spiro atoms. The SMILES string of the molecule is [C-]#[N+]c1cc(CBr)c(CBr)cn1. The van der Waals surface area contributed by atoms with Crippen molar-refractivity contribution in [1.29, 1.82) is 0 Å². The molecule has 0 aromatic carbocycles. The van der Waals surface area contributed by atoms with Gasteiger partial charge in [-0.2, -0.15) is 0 Å². The summed E-state index contributed by atoms with van der Waals surface area (Å²) in [7, 11) is 0. The van der Waals surface area contributed by atoms with E-state index in [-0.39, 0.29) is 0 Å². The molecular formula is C8H6Br2N2. The van der Waals surface area contributed by atoms with Gasteiger partial charge in [-0.25, -0.2) is 0 Å². The molecule has 0 amide bonds. The Morgan fingerprint density at radius 1 is 1.33 bits per heavy atom. The summed E-state index contributed by atoms with van der Waals surface area (Å²) in [6.07, 6.45) is 1.73. The summed E-state index contributed by atoms with van der Waals surface area (Å²) in [6, 6.07) is 1.80. The van der Waals surface area contributed by atoms with E-state index < -0.39 is 0 Å². The Morgan fingerprint density at radius 3 is 2.50 bits per heavy atom. The number of halogens is 2. The molecule has 1 aromatic rings. The predicted octanol–water partition coefficient (Wildman–Crippen LogP) is 3.42. The van der Waals surface area contributed by atoms with Crippen LogP contribution in [0.15, 0.2) is 12.3 Å². The molecule has 2 nitrogen and oxygen atoms in total. The van der Waals surface area contributed by atoms with Crippen LogP contribution in [0.2, 0.25) is 0 Å². The van der Waals surface area contributed by atoms with E-state index in [0.717, 1.165) is 21.8 Å². The normalized spacial score (nSPS) is 9.42. The Balaban J connectivity index is 3.13. The molecule has 0 atom stereocenters. The van der Waals surface area contributed by atoms with Crippen molar-refractivity contribution < 1.29 is 0 Å². The fourth-order valence-electron chi connectivity index (χ4n) is 0.819. The summed E-state index contributed by atoms with van der Waals surface area (Å²) >= 11 is 6.72. The van der Waals surface area contributed by atoms with Gasteiger partial charge in [-0.15, -0.1) is 4.98 Å². The Labute approximate surface area is 88.1 Å². The van der Waals surface area contributed by atoms with Gasteiger partial charge in [-0.05, 0) is 11.6 Å². The first-order valence-corrected chi connectivity index (χ1v) is 5.53. The van der Waals surface area contributed by atoms with Gasteiger partial charge >= 0.3 is 0 Å². The van der Waals surface area contributed by atoms with Crippen LogP contribution in [0.4, 0.5) is 5.82 Å². The van der Waals surface area contributed by atoms with Crippen LogP contribution in [0, 0.1) is 6.57 Å². The fraction of sp³-hybridized carbons (Fsp3) is 0.250. The van der Waals surface area contributed by atoms with Crippen LogP contribution in [-0.4, -0.2) is 4.98 Å². The monoisotopic (exact) mass is 288 g/mol. The average molecular weight is 290 g/mol. The van der Waals surface area contributed by atoms with Crippen LogP contribution in [0.3, 0.4) is 0 Å². The summed E-state index contributed by atoms with van der Waals surface area (Å²) < 4.78 is 0. The van der Waals surface area contributed by atoms with Crippen LogP contribution < -0.4 is 0 Å². The standard InChI is InChI=1S/C8H6Br2N2/c1-11-8-2-6(3-9)7(4-10)5-12-8/h2,5H,3-4H2. The Morgan fingerprint density at radius 2 is 2.00 bits per heavy atom. The van der Waals surface area contributed by atoms with Crippen molar-refractivity contribution in [1.82, 2.24) is 4.98 Å². The average Bonchev–Trinajstić information content (AvgIpc) is 2.16. The maximum Gasteiger partial charge on any atom is 0.269 e. The molecule has 4 heteroatoms. The zero-order valence-corrected chi connectivity index (χ0v) is 9.39. The smallest absolute Gasteiger partial charge is 0.269 e. The minimum atomic E-state index is 0.453. The Kier molecular flexibility index (Phi) is 3.70. The van der Waals surface area contributed by atoms with Crippen LogP contribution in [0.5, 0.6) is 0 Å². The summed E-state index contributed by atoms with van der Waals surface area (Å²) in [5.41, 5.74) is 2.24. The molecule has 0 aliphatic carbocycles. The van der Waals surface area contributed by atoms with Gasteiger partial charge in [0.15, 0.2) is 0 Å². The van der Waals surface area contributed by atoms with E-state index in [2.05, 4.69) is 41.7 Å². The molecule has 0 aliphatic rings. The highest BCUT2D eigenvalue weighted by atomic mass is 79.9. The van der Waals surface area contributed by atoms with Gasteiger partial charge in [0.2, 0.25) is 0 Å². The summed E-state index contributed by atoms with van der Waals surface area (Å²) in [5, 5.41) is 1.54. The second-order valence-electron chi connectivity index (χ2n) is 2.19. The minimum Gasteiger partial charge on any atom is -0.361 e. The van der Waals surface area contributed by atoms with Crippen LogP contribution in [-0.2, 0) is 10.7 Å². The lowest BCUT2D eigenvalue weighted by Crippen LogP contribution is -1.88. The molecule has 1 heterocycles. The third kappa shape index (κ3) is 2.05. The maximum absolute atomic E-state index is 6.78. The second kappa shape index (κ2) is 4.58. The van der Waals surface area contributed by atoms with E-state index in [4.69, 9.17) is 6.57 Å². The van der Waals surface area contributed by atoms with Crippen molar-refractivity contribution in [2.24, 2.45) is 0 Å². The number of aromatic nitrogens is 1. The predicted molar refractivity (Wildman–Crippen MR) is 55.8 cm³/mol. The molecule has 0 fully saturated rings. The number of hydrogen-bond acceptors (Lipinski definition) is 1. The summed E-state index contributed by atoms with van der Waals surface area (Å²) in [4.78, 5) is 7.23. The lowest BCUT2D eigenvalue weighted by Gasteiger charge is -2.00. The number of alkyl halides is 2. The molecule has 0 bridgehead atoms. The molecule has 1 aromatic heterocycles. The van der Waals surface area contributed by atoms with Gasteiger partial charge in [-0.1, -0.05) is 38.4 Å². The first-order chi connectivity index (χ1) is 5.81. The van der Waals surface area contributed by atoms with Gasteiger partial charge in [-0.3, -0.25) is 0 Å². The van der Waals surface area contributed by atoms with Gasteiger partial charge in [0.1, 0.15) is 6.20 Å². The molecule has 0 saturated heterocycles. The third-order valence-corrected chi connectivity index (χ3v) is 2.68. The van der Waals surface area contributed by atoms with Gasteiger partial charge in [0.05, 0.1) is 0 Å². The molecule has 0 saturated carbocycles. The Bertz CT molecular complexity index is 317. The largest absolute Gasteiger partial charge is 0.361 e. The first-order valence-electron chi connectivity index (χ1n) is 3.29. The fourth-order valence-corrected chi connectivity index (χ4v) is 1.85. The molecule has 0 N–H and O–H groups in total. The molecule has 12 heavy (non-hydrogen) atoms. The van der Waals surface area contributed by atoms with E-state index in [0.29, 0.717) is 5.82 Å². The molecule has 62 valence electrons. The zero-order valence-electron chi connectivity index (χ0n) is 6.22. The van der Waals surface area contributed by atoms with Crippen molar-refractivity contribution in [3.63, 3.8) is 0 Å². The summed E-state index contributed by atoms with van der Waals surface area (Å²) in [6.45, 7) is 6.78. The van der Waals surface area contributed by atoms with Crippen LogP contribution in [0.1, 0.15) is 11.1 Å². The summed E-state index contributed by atoms with van der Waals surface area (Å²) in [5.74, 6) is 0.453. The third-order valence-electron chi connectivity index (χ3n) is 1.47. The minimum absolute atomic E-state index is 0.453. The van der Waals surface area contributed by atoms with Crippen molar-refractivity contribution in [3.05, 3.63) is 34.8 Å². The van der Waals surface area contributed by atoms with Crippen LogP contribution >= 0.6 is 31.9 Å². The van der Waals surface area contributed by atoms with Crippen molar-refractivity contribution in [2.75, 3.05) is 0 Å². The van der Waals surface area contributed by atoms with Crippen LogP contribution in [0.25, 0.3) is 4.85 Å². The quantitative estimate of drug-likeness (QED) is 0.602. The Hall–Kier alpha value is -0.400. The lowest BCUT2D eigenvalue weighted by atomic mass is 10.2. The molecule has 0 radical (unpaired) electrons. The van der Waals surface area contributed by atoms with E-state index >= 15 is 0 Å². The first kappa shape index (κ1) is 9.69. The highest BCUT2D eigenvalue weighted by Crippen LogP contribution is 2.19. The van der Waals surface area contributed by atoms with E-state index in [1.54, 1.807) is 12.3 Å². The van der Waals surface area contributed by atoms with Gasteiger partial charge < -0.3 is 4.85 Å². The van der Waals surface area contributed by atoms with E-state index in [1.807, 2.05) is 0 Å². The van der Waals surface area contributed by atoms with E-state index in [9.17, 15) is 0 Å². The molecule has 0 aliphatic heterocycles. The number of pyridine rings is 1. The van der Waals surface area contributed by atoms with Crippen molar-refractivity contribution >= 4 is 37.7 Å². The zero-order chi connectivity index (χ0) is 8.97. The number of nitrogens with zero attached hydrogens (tertiary/aromatic N) is 2. The highest BCUT2D eigenvalue weighted by molar-refractivity contribution is 9.09. The van der Waals surface area contributed by atoms with Gasteiger partial charge in [0, 0.05) is 16.2 Å². The molecule has 0 unspecified atom stereocenters. The maximum atomic E-state index is 6.78. The topological polar surface area (TPSA) is 17.2 Å². The van der Waals surface area contributed by atoms with Crippen molar-refractivity contribution in [2.45, 2.75) is 10.7 Å².